The number of rotatable bonds is 3. The minimum absolute atomic E-state index is 0.377. The van der Waals surface area contributed by atoms with Crippen molar-refractivity contribution in [3.8, 4) is 0 Å². The fourth-order valence-corrected chi connectivity index (χ4v) is 0.656. The van der Waals surface area contributed by atoms with Gasteiger partial charge >= 0.3 is 0 Å². The first-order chi connectivity index (χ1) is 4.22. The smallest absolute Gasteiger partial charge is 0.145 e. The molecule has 0 radical (unpaired) electrons. The highest BCUT2D eigenvalue weighted by Gasteiger charge is 1.97. The average Bonchev–Trinajstić information content (AvgIpc) is 1.82. The lowest BCUT2D eigenvalue weighted by atomic mass is 10.0. The molecule has 0 aliphatic heterocycles. The Morgan fingerprint density at radius 1 is 1.56 bits per heavy atom. The van der Waals surface area contributed by atoms with Crippen molar-refractivity contribution in [2.45, 2.75) is 27.2 Å². The number of carbonyl (C=O) groups excluding carboxylic acids is 1. The van der Waals surface area contributed by atoms with Crippen molar-refractivity contribution in [2.75, 3.05) is 0 Å². The SMILES string of the molecule is CC/C=C(/C=O)C(C)C. The quantitative estimate of drug-likeness (QED) is 0.418. The number of hydrogen-bond acceptors (Lipinski definition) is 1. The third kappa shape index (κ3) is 3.07. The van der Waals surface area contributed by atoms with E-state index in [9.17, 15) is 4.79 Å². The molecule has 0 rings (SSSR count). The minimum atomic E-state index is 0.377. The van der Waals surface area contributed by atoms with Crippen LogP contribution in [0.2, 0.25) is 0 Å². The van der Waals surface area contributed by atoms with Crippen molar-refractivity contribution in [3.05, 3.63) is 11.6 Å². The Hall–Kier alpha value is -0.590. The van der Waals surface area contributed by atoms with E-state index in [1.54, 1.807) is 0 Å². The molecule has 0 aliphatic carbocycles. The van der Waals surface area contributed by atoms with Crippen molar-refractivity contribution >= 4 is 6.29 Å². The first-order valence-electron chi connectivity index (χ1n) is 3.37. The Morgan fingerprint density at radius 2 is 2.11 bits per heavy atom. The lowest BCUT2D eigenvalue weighted by molar-refractivity contribution is -0.105. The van der Waals surface area contributed by atoms with Crippen LogP contribution in [0.5, 0.6) is 0 Å². The number of aldehydes is 1. The van der Waals surface area contributed by atoms with Crippen LogP contribution in [0.25, 0.3) is 0 Å². The van der Waals surface area contributed by atoms with Gasteiger partial charge in [0.15, 0.2) is 0 Å². The molecule has 0 spiro atoms. The van der Waals surface area contributed by atoms with Gasteiger partial charge in [-0.3, -0.25) is 4.79 Å². The number of hydrogen-bond donors (Lipinski definition) is 0. The maximum Gasteiger partial charge on any atom is 0.145 e. The van der Waals surface area contributed by atoms with Crippen LogP contribution in [-0.2, 0) is 4.79 Å². The number of allylic oxidation sites excluding steroid dienone is 2. The van der Waals surface area contributed by atoms with E-state index >= 15 is 0 Å². The largest absolute Gasteiger partial charge is 0.298 e. The molecule has 0 heterocycles. The summed E-state index contributed by atoms with van der Waals surface area (Å²) in [7, 11) is 0. The van der Waals surface area contributed by atoms with E-state index in [0.717, 1.165) is 18.3 Å². The van der Waals surface area contributed by atoms with Gasteiger partial charge in [0, 0.05) is 0 Å². The zero-order valence-corrected chi connectivity index (χ0v) is 6.35. The second-order valence-electron chi connectivity index (χ2n) is 2.38. The molecule has 9 heavy (non-hydrogen) atoms. The molecular formula is C8H14O. The third-order valence-electron chi connectivity index (χ3n) is 1.24. The molecular weight excluding hydrogens is 112 g/mol. The molecule has 0 aromatic rings. The van der Waals surface area contributed by atoms with E-state index in [1.807, 2.05) is 26.8 Å². The highest BCUT2D eigenvalue weighted by Crippen LogP contribution is 2.06. The van der Waals surface area contributed by atoms with Crippen LogP contribution in [0.1, 0.15) is 27.2 Å². The molecule has 0 fully saturated rings. The Bertz CT molecular complexity index is 112. The standard InChI is InChI=1S/C8H14O/c1-4-5-8(6-9)7(2)3/h5-7H,4H2,1-3H3/b8-5-. The normalized spacial score (nSPS) is 12.2. The van der Waals surface area contributed by atoms with Crippen LogP contribution in [0.4, 0.5) is 0 Å². The summed E-state index contributed by atoms with van der Waals surface area (Å²) in [5.74, 6) is 0.377. The van der Waals surface area contributed by atoms with E-state index in [1.165, 1.54) is 0 Å². The summed E-state index contributed by atoms with van der Waals surface area (Å²) >= 11 is 0. The molecule has 0 N–H and O–H groups in total. The molecule has 0 amide bonds. The van der Waals surface area contributed by atoms with Gasteiger partial charge in [0.1, 0.15) is 6.29 Å². The Balaban J connectivity index is 3.97. The summed E-state index contributed by atoms with van der Waals surface area (Å²) < 4.78 is 0. The lowest BCUT2D eigenvalue weighted by Gasteiger charge is -2.00. The molecule has 0 atom stereocenters. The highest BCUT2D eigenvalue weighted by atomic mass is 16.1. The molecule has 0 unspecified atom stereocenters. The third-order valence-corrected chi connectivity index (χ3v) is 1.24. The Kier molecular flexibility index (Phi) is 4.02. The van der Waals surface area contributed by atoms with E-state index in [-0.39, 0.29) is 0 Å². The van der Waals surface area contributed by atoms with Gasteiger partial charge < -0.3 is 0 Å². The van der Waals surface area contributed by atoms with Crippen molar-refractivity contribution in [3.63, 3.8) is 0 Å². The van der Waals surface area contributed by atoms with Crippen molar-refractivity contribution in [1.29, 1.82) is 0 Å². The van der Waals surface area contributed by atoms with Crippen LogP contribution >= 0.6 is 0 Å². The van der Waals surface area contributed by atoms with Crippen LogP contribution < -0.4 is 0 Å². The molecule has 52 valence electrons. The van der Waals surface area contributed by atoms with E-state index in [4.69, 9.17) is 0 Å². The van der Waals surface area contributed by atoms with Gasteiger partial charge in [-0.05, 0) is 17.9 Å². The predicted molar refractivity (Wildman–Crippen MR) is 39.3 cm³/mol. The summed E-state index contributed by atoms with van der Waals surface area (Å²) in [6.07, 6.45) is 3.86. The van der Waals surface area contributed by atoms with Gasteiger partial charge in [-0.2, -0.15) is 0 Å². The van der Waals surface area contributed by atoms with E-state index in [2.05, 4.69) is 0 Å². The molecule has 0 aromatic heterocycles. The maximum atomic E-state index is 10.3. The van der Waals surface area contributed by atoms with Crippen LogP contribution in [-0.4, -0.2) is 6.29 Å². The first-order valence-corrected chi connectivity index (χ1v) is 3.37. The van der Waals surface area contributed by atoms with E-state index < -0.39 is 0 Å². The van der Waals surface area contributed by atoms with Gasteiger partial charge in [-0.1, -0.05) is 26.8 Å². The van der Waals surface area contributed by atoms with Crippen molar-refractivity contribution in [2.24, 2.45) is 5.92 Å². The zero-order valence-electron chi connectivity index (χ0n) is 6.35. The fourth-order valence-electron chi connectivity index (χ4n) is 0.656. The van der Waals surface area contributed by atoms with Gasteiger partial charge in [0.05, 0.1) is 0 Å². The number of carbonyl (C=O) groups is 1. The molecule has 1 heteroatoms. The summed E-state index contributed by atoms with van der Waals surface area (Å²) in [6, 6.07) is 0. The molecule has 0 aromatic carbocycles. The summed E-state index contributed by atoms with van der Waals surface area (Å²) in [5, 5.41) is 0. The fraction of sp³-hybridized carbons (Fsp3) is 0.625. The van der Waals surface area contributed by atoms with E-state index in [0.29, 0.717) is 5.92 Å². The molecule has 0 saturated carbocycles. The Morgan fingerprint density at radius 3 is 2.22 bits per heavy atom. The summed E-state index contributed by atoms with van der Waals surface area (Å²) in [6.45, 7) is 6.08. The monoisotopic (exact) mass is 126 g/mol. The average molecular weight is 126 g/mol. The summed E-state index contributed by atoms with van der Waals surface area (Å²) in [5.41, 5.74) is 0.914. The van der Waals surface area contributed by atoms with Gasteiger partial charge in [0.25, 0.3) is 0 Å². The van der Waals surface area contributed by atoms with Crippen molar-refractivity contribution in [1.82, 2.24) is 0 Å². The summed E-state index contributed by atoms with van der Waals surface area (Å²) in [4.78, 5) is 10.3. The first kappa shape index (κ1) is 8.41. The Labute approximate surface area is 56.8 Å². The van der Waals surface area contributed by atoms with Crippen LogP contribution in [0, 0.1) is 5.92 Å². The predicted octanol–water partition coefficient (Wildman–Crippen LogP) is 2.18. The molecule has 0 saturated heterocycles. The maximum absolute atomic E-state index is 10.3. The second kappa shape index (κ2) is 4.30. The second-order valence-corrected chi connectivity index (χ2v) is 2.38. The molecule has 0 bridgehead atoms. The van der Waals surface area contributed by atoms with Crippen LogP contribution in [0.15, 0.2) is 11.6 Å². The topological polar surface area (TPSA) is 17.1 Å². The van der Waals surface area contributed by atoms with Gasteiger partial charge in [-0.25, -0.2) is 0 Å². The lowest BCUT2D eigenvalue weighted by Crippen LogP contribution is -1.94. The molecule has 1 nitrogen and oxygen atoms in total. The minimum Gasteiger partial charge on any atom is -0.298 e. The van der Waals surface area contributed by atoms with Crippen LogP contribution in [0.3, 0.4) is 0 Å². The molecule has 0 aliphatic rings. The van der Waals surface area contributed by atoms with Gasteiger partial charge in [0.2, 0.25) is 0 Å². The zero-order chi connectivity index (χ0) is 7.28. The highest BCUT2D eigenvalue weighted by molar-refractivity contribution is 5.73. The van der Waals surface area contributed by atoms with Gasteiger partial charge in [-0.15, -0.1) is 0 Å². The van der Waals surface area contributed by atoms with Crippen molar-refractivity contribution < 1.29 is 4.79 Å².